The summed E-state index contributed by atoms with van der Waals surface area (Å²) >= 11 is 0. The van der Waals surface area contributed by atoms with E-state index in [-0.39, 0.29) is 12.5 Å². The number of piperazine rings is 1. The fraction of sp³-hybridized carbons (Fsp3) is 0.278. The lowest BCUT2D eigenvalue weighted by Gasteiger charge is -2.34. The second-order valence-corrected chi connectivity index (χ2v) is 5.68. The maximum Gasteiger partial charge on any atom is 0.338 e. The van der Waals surface area contributed by atoms with Crippen LogP contribution in [0.15, 0.2) is 42.7 Å². The van der Waals surface area contributed by atoms with E-state index in [0.717, 1.165) is 0 Å². The number of nitriles is 1. The Balaban J connectivity index is 1.47. The standard InChI is InChI=1S/C18H17N5O3/c19-12-14-2-4-15(5-3-14)17(25)26-13-16(24)22-8-10-23(11-9-22)18-20-6-1-7-21-18/h1-7H,8-11,13H2. The third-order valence-corrected chi connectivity index (χ3v) is 4.04. The summed E-state index contributed by atoms with van der Waals surface area (Å²) in [6, 6.07) is 9.80. The van der Waals surface area contributed by atoms with Crippen molar-refractivity contribution in [2.24, 2.45) is 0 Å². The lowest BCUT2D eigenvalue weighted by molar-refractivity contribution is -0.134. The number of aromatic nitrogens is 2. The second-order valence-electron chi connectivity index (χ2n) is 5.68. The normalized spacial score (nSPS) is 13.8. The van der Waals surface area contributed by atoms with Crippen molar-refractivity contribution in [2.45, 2.75) is 0 Å². The highest BCUT2D eigenvalue weighted by atomic mass is 16.5. The minimum Gasteiger partial charge on any atom is -0.452 e. The molecule has 2 heterocycles. The summed E-state index contributed by atoms with van der Waals surface area (Å²) in [7, 11) is 0. The minimum atomic E-state index is -0.584. The Labute approximate surface area is 150 Å². The first-order valence-electron chi connectivity index (χ1n) is 8.14. The number of amides is 1. The van der Waals surface area contributed by atoms with E-state index in [1.54, 1.807) is 23.4 Å². The Kier molecular flexibility index (Phi) is 5.39. The molecule has 0 radical (unpaired) electrons. The van der Waals surface area contributed by atoms with Gasteiger partial charge in [0.2, 0.25) is 5.95 Å². The quantitative estimate of drug-likeness (QED) is 0.753. The summed E-state index contributed by atoms with van der Waals surface area (Å²) in [5.74, 6) is -0.174. The predicted molar refractivity (Wildman–Crippen MR) is 92.3 cm³/mol. The van der Waals surface area contributed by atoms with Crippen molar-refractivity contribution in [3.8, 4) is 6.07 Å². The summed E-state index contributed by atoms with van der Waals surface area (Å²) in [5.41, 5.74) is 0.765. The molecule has 0 aliphatic carbocycles. The highest BCUT2D eigenvalue weighted by molar-refractivity contribution is 5.91. The molecule has 0 atom stereocenters. The monoisotopic (exact) mass is 351 g/mol. The lowest BCUT2D eigenvalue weighted by Crippen LogP contribution is -2.50. The Morgan fingerprint density at radius 1 is 1.08 bits per heavy atom. The molecule has 0 spiro atoms. The molecule has 1 aliphatic heterocycles. The fourth-order valence-corrected chi connectivity index (χ4v) is 2.59. The smallest absolute Gasteiger partial charge is 0.338 e. The van der Waals surface area contributed by atoms with Crippen LogP contribution in [0.2, 0.25) is 0 Å². The highest BCUT2D eigenvalue weighted by Crippen LogP contribution is 2.10. The van der Waals surface area contributed by atoms with Gasteiger partial charge in [-0.2, -0.15) is 5.26 Å². The molecule has 8 nitrogen and oxygen atoms in total. The van der Waals surface area contributed by atoms with E-state index in [2.05, 4.69) is 9.97 Å². The van der Waals surface area contributed by atoms with Crippen molar-refractivity contribution in [3.05, 3.63) is 53.9 Å². The molecule has 0 saturated carbocycles. The number of hydrogen-bond donors (Lipinski definition) is 0. The van der Waals surface area contributed by atoms with E-state index in [1.807, 2.05) is 11.0 Å². The third kappa shape index (κ3) is 4.13. The first kappa shape index (κ1) is 17.4. The molecule has 1 aromatic heterocycles. The van der Waals surface area contributed by atoms with Crippen LogP contribution >= 0.6 is 0 Å². The molecule has 8 heteroatoms. The average Bonchev–Trinajstić information content (AvgIpc) is 2.72. The van der Waals surface area contributed by atoms with E-state index in [4.69, 9.17) is 10.00 Å². The van der Waals surface area contributed by atoms with Gasteiger partial charge in [-0.1, -0.05) is 0 Å². The Morgan fingerprint density at radius 3 is 2.35 bits per heavy atom. The van der Waals surface area contributed by atoms with Crippen molar-refractivity contribution < 1.29 is 14.3 Å². The summed E-state index contributed by atoms with van der Waals surface area (Å²) in [6.45, 7) is 1.98. The van der Waals surface area contributed by atoms with Crippen LogP contribution < -0.4 is 4.90 Å². The first-order chi connectivity index (χ1) is 12.7. The summed E-state index contributed by atoms with van der Waals surface area (Å²) in [6.07, 6.45) is 3.37. The number of esters is 1. The van der Waals surface area contributed by atoms with Gasteiger partial charge in [0.1, 0.15) is 0 Å². The highest BCUT2D eigenvalue weighted by Gasteiger charge is 2.23. The van der Waals surface area contributed by atoms with E-state index in [9.17, 15) is 9.59 Å². The number of rotatable bonds is 4. The van der Waals surface area contributed by atoms with Crippen LogP contribution in [0.4, 0.5) is 5.95 Å². The van der Waals surface area contributed by atoms with Gasteiger partial charge in [-0.05, 0) is 30.3 Å². The molecule has 3 rings (SSSR count). The Morgan fingerprint density at radius 2 is 1.73 bits per heavy atom. The number of ether oxygens (including phenoxy) is 1. The molecule has 1 saturated heterocycles. The zero-order valence-corrected chi connectivity index (χ0v) is 14.0. The van der Waals surface area contributed by atoms with Gasteiger partial charge in [-0.25, -0.2) is 14.8 Å². The molecule has 1 aliphatic rings. The Hall–Kier alpha value is -3.47. The molecule has 1 aromatic carbocycles. The number of hydrogen-bond acceptors (Lipinski definition) is 7. The van der Waals surface area contributed by atoms with E-state index < -0.39 is 5.97 Å². The molecule has 132 valence electrons. The Bertz CT molecular complexity index is 809. The van der Waals surface area contributed by atoms with E-state index >= 15 is 0 Å². The molecule has 1 fully saturated rings. The van der Waals surface area contributed by atoms with Gasteiger partial charge in [0, 0.05) is 38.6 Å². The average molecular weight is 351 g/mol. The van der Waals surface area contributed by atoms with Gasteiger partial charge in [-0.3, -0.25) is 4.79 Å². The minimum absolute atomic E-state index is 0.236. The van der Waals surface area contributed by atoms with Crippen LogP contribution in [0.1, 0.15) is 15.9 Å². The van der Waals surface area contributed by atoms with Crippen molar-refractivity contribution >= 4 is 17.8 Å². The number of benzene rings is 1. The number of nitrogens with zero attached hydrogens (tertiary/aromatic N) is 5. The predicted octanol–water partition coefficient (Wildman–Crippen LogP) is 0.854. The van der Waals surface area contributed by atoms with Crippen molar-refractivity contribution in [2.75, 3.05) is 37.7 Å². The fourth-order valence-electron chi connectivity index (χ4n) is 2.59. The molecule has 2 aromatic rings. The van der Waals surface area contributed by atoms with Crippen LogP contribution in [0.25, 0.3) is 0 Å². The number of carbonyl (C=O) groups is 2. The molecule has 0 unspecified atom stereocenters. The van der Waals surface area contributed by atoms with Crippen molar-refractivity contribution in [3.63, 3.8) is 0 Å². The number of carbonyl (C=O) groups excluding carboxylic acids is 2. The third-order valence-electron chi connectivity index (χ3n) is 4.04. The molecular weight excluding hydrogens is 334 g/mol. The van der Waals surface area contributed by atoms with Gasteiger partial charge in [-0.15, -0.1) is 0 Å². The number of anilines is 1. The zero-order chi connectivity index (χ0) is 18.4. The van der Waals surface area contributed by atoms with Crippen molar-refractivity contribution in [1.29, 1.82) is 5.26 Å². The first-order valence-corrected chi connectivity index (χ1v) is 8.14. The van der Waals surface area contributed by atoms with E-state index in [0.29, 0.717) is 43.3 Å². The van der Waals surface area contributed by atoms with Crippen LogP contribution in [0.3, 0.4) is 0 Å². The van der Waals surface area contributed by atoms with Gasteiger partial charge < -0.3 is 14.5 Å². The maximum absolute atomic E-state index is 12.2. The SMILES string of the molecule is N#Cc1ccc(C(=O)OCC(=O)N2CCN(c3ncccn3)CC2)cc1. The van der Waals surface area contributed by atoms with Crippen LogP contribution in [-0.2, 0) is 9.53 Å². The largest absolute Gasteiger partial charge is 0.452 e. The molecule has 26 heavy (non-hydrogen) atoms. The van der Waals surface area contributed by atoms with Gasteiger partial charge in [0.05, 0.1) is 17.2 Å². The molecular formula is C18H17N5O3. The van der Waals surface area contributed by atoms with Gasteiger partial charge in [0.15, 0.2) is 6.61 Å². The van der Waals surface area contributed by atoms with Crippen LogP contribution in [-0.4, -0.2) is 59.5 Å². The van der Waals surface area contributed by atoms with Crippen molar-refractivity contribution in [1.82, 2.24) is 14.9 Å². The van der Waals surface area contributed by atoms with E-state index in [1.165, 1.54) is 24.3 Å². The molecule has 1 amide bonds. The molecule has 0 N–H and O–H groups in total. The summed E-state index contributed by atoms with van der Waals surface area (Å²) < 4.78 is 5.08. The van der Waals surface area contributed by atoms with Gasteiger partial charge in [0.25, 0.3) is 5.91 Å². The zero-order valence-electron chi connectivity index (χ0n) is 14.0. The van der Waals surface area contributed by atoms with Crippen LogP contribution in [0.5, 0.6) is 0 Å². The van der Waals surface area contributed by atoms with Gasteiger partial charge >= 0.3 is 5.97 Å². The summed E-state index contributed by atoms with van der Waals surface area (Å²) in [4.78, 5) is 36.3. The second kappa shape index (κ2) is 8.07. The maximum atomic E-state index is 12.2. The summed E-state index contributed by atoms with van der Waals surface area (Å²) in [5, 5.41) is 8.75. The topological polar surface area (TPSA) is 99.4 Å². The molecule has 0 bridgehead atoms. The lowest BCUT2D eigenvalue weighted by atomic mass is 10.1. The van der Waals surface area contributed by atoms with Crippen LogP contribution in [0, 0.1) is 11.3 Å².